The Kier molecular flexibility index (Phi) is 9.31. The monoisotopic (exact) mass is 805 g/mol. The molecule has 2 aromatic heterocycles. The van der Waals surface area contributed by atoms with Crippen LogP contribution < -0.4 is 5.32 Å². The molecule has 2 aliphatic carbocycles. The van der Waals surface area contributed by atoms with Gasteiger partial charge in [0.25, 0.3) is 5.92 Å². The Balaban J connectivity index is 0.965. The Bertz CT molecular complexity index is 2490. The third kappa shape index (κ3) is 6.70. The van der Waals surface area contributed by atoms with Crippen LogP contribution >= 0.6 is 0 Å². The molecule has 4 heterocycles. The number of likely N-dealkylation sites (tertiary alicyclic amines) is 2. The van der Waals surface area contributed by atoms with E-state index >= 15 is 8.78 Å². The fourth-order valence-corrected chi connectivity index (χ4v) is 9.68. The number of aromatic nitrogens is 4. The van der Waals surface area contributed by atoms with Crippen molar-refractivity contribution in [2.45, 2.75) is 102 Å². The SMILES string of the molecule is COC(=O)N[C@H](C(=O)N1[C@@H]2CC[C@@H](C2)[C@H]1c1nc2ccc(-c3ccc4c(c3)C(F)(F)c3cc(-c5cnc(C6CCCN6C(=O)OC(C)(C)C)[nH]5)ccc3-4)cc2[nH]1)C(C)C. The maximum atomic E-state index is 16.5. The summed E-state index contributed by atoms with van der Waals surface area (Å²) in [5, 5.41) is 2.73. The maximum absolute atomic E-state index is 16.5. The molecule has 4 aliphatic rings. The standard InChI is InChI=1S/C45H49F2N7O5/c1-23(2)37(52-42(56)58-6)41(55)54-28-13-9-27(18-28)38(54)40-49-33-16-12-25(21-34(33)50-40)24-10-14-29-30-15-11-26(20-32(30)45(46,47)31(29)19-24)35-22-48-39(51-35)36-8-7-17-53(36)43(57)59-44(3,4)5/h10-12,14-16,19-23,27-28,36-38H,7-9,13,17-18H2,1-6H3,(H,48,51)(H,49,50)(H,52,56)/t27-,28+,36?,37-,38-/m0/s1. The summed E-state index contributed by atoms with van der Waals surface area (Å²) in [4.78, 5) is 59.0. The number of hydrogen-bond acceptors (Lipinski definition) is 7. The van der Waals surface area contributed by atoms with Crippen LogP contribution in [-0.2, 0) is 20.2 Å². The number of aromatic amines is 2. The molecule has 1 unspecified atom stereocenters. The van der Waals surface area contributed by atoms with Gasteiger partial charge in [-0.3, -0.25) is 9.69 Å². The minimum Gasteiger partial charge on any atom is -0.453 e. The number of methoxy groups -OCH3 is 1. The summed E-state index contributed by atoms with van der Waals surface area (Å²) in [6.07, 6.45) is 4.86. The van der Waals surface area contributed by atoms with Gasteiger partial charge < -0.3 is 29.7 Å². The van der Waals surface area contributed by atoms with Gasteiger partial charge in [0.05, 0.1) is 42.1 Å². The highest BCUT2D eigenvalue weighted by Gasteiger charge is 2.52. The first-order valence-corrected chi connectivity index (χ1v) is 20.5. The summed E-state index contributed by atoms with van der Waals surface area (Å²) >= 11 is 0. The lowest BCUT2D eigenvalue weighted by atomic mass is 9.95. The van der Waals surface area contributed by atoms with Gasteiger partial charge in [0.15, 0.2) is 0 Å². The summed E-state index contributed by atoms with van der Waals surface area (Å²) < 4.78 is 43.4. The Morgan fingerprint density at radius 1 is 0.915 bits per heavy atom. The molecule has 5 atom stereocenters. The van der Waals surface area contributed by atoms with Crippen LogP contribution in [0.25, 0.3) is 44.5 Å². The lowest BCUT2D eigenvalue weighted by molar-refractivity contribution is -0.139. The minimum atomic E-state index is -3.25. The van der Waals surface area contributed by atoms with E-state index in [0.717, 1.165) is 43.2 Å². The number of alkyl halides is 2. The van der Waals surface area contributed by atoms with Gasteiger partial charge in [0.2, 0.25) is 5.91 Å². The topological polar surface area (TPSA) is 146 Å². The van der Waals surface area contributed by atoms with E-state index in [1.807, 2.05) is 69.9 Å². The van der Waals surface area contributed by atoms with Crippen molar-refractivity contribution in [2.24, 2.45) is 11.8 Å². The second-order valence-electron chi connectivity index (χ2n) is 17.7. The third-order valence-electron chi connectivity index (χ3n) is 12.5. The average Bonchev–Trinajstić information content (AvgIpc) is 4.06. The van der Waals surface area contributed by atoms with Gasteiger partial charge in [-0.2, -0.15) is 8.78 Å². The van der Waals surface area contributed by atoms with Crippen molar-refractivity contribution in [1.29, 1.82) is 0 Å². The smallest absolute Gasteiger partial charge is 0.410 e. The summed E-state index contributed by atoms with van der Waals surface area (Å²) in [7, 11) is 1.28. The number of piperidine rings is 1. The molecule has 14 heteroatoms. The van der Waals surface area contributed by atoms with Crippen LogP contribution in [0.2, 0.25) is 0 Å². The highest BCUT2D eigenvalue weighted by atomic mass is 19.3. The number of H-pyrrole nitrogens is 2. The zero-order chi connectivity index (χ0) is 41.5. The van der Waals surface area contributed by atoms with E-state index < -0.39 is 29.8 Å². The van der Waals surface area contributed by atoms with Crippen LogP contribution in [0.3, 0.4) is 0 Å². The first kappa shape index (κ1) is 38.7. The molecule has 2 aliphatic heterocycles. The lowest BCUT2D eigenvalue weighted by Crippen LogP contribution is -2.54. The number of carbonyl (C=O) groups is 3. The van der Waals surface area contributed by atoms with E-state index in [9.17, 15) is 14.4 Å². The van der Waals surface area contributed by atoms with Crippen LogP contribution in [-0.4, -0.2) is 79.2 Å². The largest absolute Gasteiger partial charge is 0.453 e. The number of carbonyl (C=O) groups excluding carboxylic acids is 3. The summed E-state index contributed by atoms with van der Waals surface area (Å²) in [5.74, 6) is -2.05. The number of imidazole rings is 2. The van der Waals surface area contributed by atoms with Crippen molar-refractivity contribution < 1.29 is 32.6 Å². The van der Waals surface area contributed by atoms with Gasteiger partial charge >= 0.3 is 12.2 Å². The molecule has 3 aromatic carbocycles. The van der Waals surface area contributed by atoms with Crippen molar-refractivity contribution in [3.05, 3.63) is 83.6 Å². The van der Waals surface area contributed by atoms with Gasteiger partial charge in [-0.1, -0.05) is 44.2 Å². The van der Waals surface area contributed by atoms with Crippen molar-refractivity contribution in [1.82, 2.24) is 35.1 Å². The van der Waals surface area contributed by atoms with Crippen LogP contribution in [0.4, 0.5) is 18.4 Å². The molecule has 9 rings (SSSR count). The molecule has 2 bridgehead atoms. The molecule has 5 aromatic rings. The fraction of sp³-hybridized carbons (Fsp3) is 0.444. The Labute approximate surface area is 341 Å². The minimum absolute atomic E-state index is 0.0564. The molecule has 59 heavy (non-hydrogen) atoms. The Morgan fingerprint density at radius 3 is 2.32 bits per heavy atom. The van der Waals surface area contributed by atoms with E-state index in [2.05, 4.69) is 20.3 Å². The van der Waals surface area contributed by atoms with Gasteiger partial charge in [-0.25, -0.2) is 19.6 Å². The van der Waals surface area contributed by atoms with E-state index in [0.29, 0.717) is 51.7 Å². The number of nitrogens with one attached hydrogen (secondary N) is 3. The van der Waals surface area contributed by atoms with Crippen molar-refractivity contribution in [3.63, 3.8) is 0 Å². The normalized spacial score (nSPS) is 22.2. The van der Waals surface area contributed by atoms with Gasteiger partial charge in [0.1, 0.15) is 23.3 Å². The summed E-state index contributed by atoms with van der Waals surface area (Å²) in [6, 6.07) is 14.7. The molecular weight excluding hydrogens is 757 g/mol. The zero-order valence-electron chi connectivity index (χ0n) is 34.1. The third-order valence-corrected chi connectivity index (χ3v) is 12.5. The molecule has 1 saturated carbocycles. The predicted octanol–water partition coefficient (Wildman–Crippen LogP) is 9.25. The molecule has 12 nitrogen and oxygen atoms in total. The molecule has 0 radical (unpaired) electrons. The number of rotatable bonds is 7. The molecule has 3 N–H and O–H groups in total. The predicted molar refractivity (Wildman–Crippen MR) is 217 cm³/mol. The summed E-state index contributed by atoms with van der Waals surface area (Å²) in [6.45, 7) is 9.83. The van der Waals surface area contributed by atoms with Crippen molar-refractivity contribution in [3.8, 4) is 33.5 Å². The number of ether oxygens (including phenoxy) is 2. The first-order valence-electron chi connectivity index (χ1n) is 20.5. The van der Waals surface area contributed by atoms with Crippen molar-refractivity contribution in [2.75, 3.05) is 13.7 Å². The molecule has 0 spiro atoms. The number of benzene rings is 3. The van der Waals surface area contributed by atoms with E-state index in [4.69, 9.17) is 14.5 Å². The Morgan fingerprint density at radius 2 is 1.61 bits per heavy atom. The molecular formula is C45H49F2N7O5. The van der Waals surface area contributed by atoms with Crippen LogP contribution in [0.15, 0.2) is 60.8 Å². The number of halogens is 2. The van der Waals surface area contributed by atoms with Crippen LogP contribution in [0.5, 0.6) is 0 Å². The number of amides is 3. The van der Waals surface area contributed by atoms with E-state index in [1.54, 1.807) is 29.3 Å². The van der Waals surface area contributed by atoms with E-state index in [1.165, 1.54) is 13.2 Å². The molecule has 308 valence electrons. The van der Waals surface area contributed by atoms with Gasteiger partial charge in [-0.05, 0) is 111 Å². The quantitative estimate of drug-likeness (QED) is 0.149. The highest BCUT2D eigenvalue weighted by Crippen LogP contribution is 2.53. The zero-order valence-corrected chi connectivity index (χ0v) is 34.1. The Hall–Kier alpha value is -5.79. The summed E-state index contributed by atoms with van der Waals surface area (Å²) in [5.41, 5.74) is 4.22. The second-order valence-corrected chi connectivity index (χ2v) is 17.7. The van der Waals surface area contributed by atoms with Gasteiger partial charge in [-0.15, -0.1) is 0 Å². The van der Waals surface area contributed by atoms with Crippen LogP contribution in [0.1, 0.15) is 102 Å². The number of hydrogen-bond donors (Lipinski definition) is 3. The highest BCUT2D eigenvalue weighted by molar-refractivity contribution is 5.88. The second kappa shape index (κ2) is 14.2. The lowest BCUT2D eigenvalue weighted by Gasteiger charge is -2.37. The maximum Gasteiger partial charge on any atom is 0.410 e. The molecule has 2 saturated heterocycles. The van der Waals surface area contributed by atoms with E-state index in [-0.39, 0.29) is 47.0 Å². The number of nitrogens with zero attached hydrogens (tertiary/aromatic N) is 4. The number of alkyl carbamates (subject to hydrolysis) is 1. The van der Waals surface area contributed by atoms with Gasteiger partial charge in [0, 0.05) is 29.3 Å². The first-order chi connectivity index (χ1) is 28.1. The van der Waals surface area contributed by atoms with Crippen molar-refractivity contribution >= 4 is 29.1 Å². The fourth-order valence-electron chi connectivity index (χ4n) is 9.68. The molecule has 3 amide bonds. The average molecular weight is 806 g/mol. The number of fused-ring (bicyclic) bond motifs is 6. The van der Waals surface area contributed by atoms with Crippen LogP contribution in [0, 0.1) is 11.8 Å². The molecule has 3 fully saturated rings.